The molecule has 0 bridgehead atoms. The molecule has 1 aliphatic rings. The Morgan fingerprint density at radius 1 is 1.35 bits per heavy atom. The zero-order chi connectivity index (χ0) is 14.7. The van der Waals surface area contributed by atoms with Gasteiger partial charge in [0.05, 0.1) is 5.56 Å². The number of aromatic carboxylic acids is 1. The number of aromatic nitrogens is 1. The summed E-state index contributed by atoms with van der Waals surface area (Å²) in [6, 6.07) is 3.41. The summed E-state index contributed by atoms with van der Waals surface area (Å²) in [7, 11) is 4.06. The maximum absolute atomic E-state index is 12.4. The topological polar surface area (TPSA) is 73.7 Å². The van der Waals surface area contributed by atoms with Gasteiger partial charge in [0.2, 0.25) is 0 Å². The lowest BCUT2D eigenvalue weighted by atomic mass is 10.0. The number of carboxylic acids is 1. The van der Waals surface area contributed by atoms with Gasteiger partial charge in [0.25, 0.3) is 5.91 Å². The summed E-state index contributed by atoms with van der Waals surface area (Å²) in [6.07, 6.45) is 3.24. The van der Waals surface area contributed by atoms with Gasteiger partial charge in [-0.05, 0) is 39.1 Å². The van der Waals surface area contributed by atoms with Crippen molar-refractivity contribution in [3.8, 4) is 0 Å². The van der Waals surface area contributed by atoms with Crippen molar-refractivity contribution < 1.29 is 14.7 Å². The first-order valence-corrected chi connectivity index (χ1v) is 6.64. The molecular formula is C14H19N3O3. The van der Waals surface area contributed by atoms with E-state index >= 15 is 0 Å². The van der Waals surface area contributed by atoms with E-state index in [0.717, 1.165) is 12.8 Å². The van der Waals surface area contributed by atoms with Crippen LogP contribution in [0, 0.1) is 0 Å². The molecule has 20 heavy (non-hydrogen) atoms. The fourth-order valence-electron chi connectivity index (χ4n) is 2.48. The van der Waals surface area contributed by atoms with Crippen LogP contribution in [0.5, 0.6) is 0 Å². The number of amides is 1. The summed E-state index contributed by atoms with van der Waals surface area (Å²) in [5, 5.41) is 9.11. The molecule has 2 heterocycles. The fraction of sp³-hybridized carbons (Fsp3) is 0.500. The molecule has 108 valence electrons. The number of rotatable bonds is 3. The lowest BCUT2D eigenvalue weighted by molar-refractivity contribution is 0.0629. The molecule has 6 heteroatoms. The smallest absolute Gasteiger partial charge is 0.338 e. The van der Waals surface area contributed by atoms with Gasteiger partial charge < -0.3 is 14.9 Å². The molecule has 0 aromatic carbocycles. The van der Waals surface area contributed by atoms with Crippen molar-refractivity contribution in [3.05, 3.63) is 29.6 Å². The maximum atomic E-state index is 12.4. The molecule has 0 unspecified atom stereocenters. The first-order chi connectivity index (χ1) is 9.50. The number of carbonyl (C=O) groups excluding carboxylic acids is 1. The van der Waals surface area contributed by atoms with Gasteiger partial charge in [0, 0.05) is 25.3 Å². The Morgan fingerprint density at radius 2 is 2.00 bits per heavy atom. The second kappa shape index (κ2) is 6.00. The number of pyridine rings is 1. The van der Waals surface area contributed by atoms with Crippen molar-refractivity contribution in [1.29, 1.82) is 0 Å². The number of hydrogen-bond donors (Lipinski definition) is 1. The van der Waals surface area contributed by atoms with Gasteiger partial charge in [0.15, 0.2) is 0 Å². The summed E-state index contributed by atoms with van der Waals surface area (Å²) in [5.74, 6) is -1.41. The third kappa shape index (κ3) is 2.96. The monoisotopic (exact) mass is 277 g/mol. The quantitative estimate of drug-likeness (QED) is 0.890. The largest absolute Gasteiger partial charge is 0.478 e. The van der Waals surface area contributed by atoms with Crippen LogP contribution in [0.1, 0.15) is 33.7 Å². The van der Waals surface area contributed by atoms with Crippen LogP contribution in [0.25, 0.3) is 0 Å². The van der Waals surface area contributed by atoms with E-state index in [9.17, 15) is 9.59 Å². The van der Waals surface area contributed by atoms with Crippen LogP contribution < -0.4 is 0 Å². The molecule has 0 spiro atoms. The Labute approximate surface area is 118 Å². The molecule has 0 aliphatic carbocycles. The number of piperidine rings is 1. The third-order valence-corrected chi connectivity index (χ3v) is 3.72. The van der Waals surface area contributed by atoms with Gasteiger partial charge in [-0.15, -0.1) is 0 Å². The van der Waals surface area contributed by atoms with Crippen LogP contribution in [0.3, 0.4) is 0 Å². The zero-order valence-corrected chi connectivity index (χ0v) is 11.7. The van der Waals surface area contributed by atoms with E-state index in [2.05, 4.69) is 9.88 Å². The van der Waals surface area contributed by atoms with Crippen molar-refractivity contribution in [2.24, 2.45) is 0 Å². The van der Waals surface area contributed by atoms with Crippen LogP contribution in [-0.2, 0) is 0 Å². The van der Waals surface area contributed by atoms with Crippen LogP contribution in [0.4, 0.5) is 0 Å². The van der Waals surface area contributed by atoms with Gasteiger partial charge in [-0.2, -0.15) is 0 Å². The average molecular weight is 277 g/mol. The summed E-state index contributed by atoms with van der Waals surface area (Å²) < 4.78 is 0. The summed E-state index contributed by atoms with van der Waals surface area (Å²) in [5.41, 5.74) is -0.00413. The lowest BCUT2D eigenvalue weighted by Crippen LogP contribution is -2.45. The molecule has 1 aromatic heterocycles. The van der Waals surface area contributed by atoms with Crippen molar-refractivity contribution in [1.82, 2.24) is 14.8 Å². The first-order valence-electron chi connectivity index (χ1n) is 6.64. The van der Waals surface area contributed by atoms with E-state index in [-0.39, 0.29) is 17.2 Å². The van der Waals surface area contributed by atoms with E-state index in [1.54, 1.807) is 4.90 Å². The summed E-state index contributed by atoms with van der Waals surface area (Å²) in [6.45, 7) is 1.27. The van der Waals surface area contributed by atoms with E-state index < -0.39 is 5.97 Å². The fourth-order valence-corrected chi connectivity index (χ4v) is 2.48. The van der Waals surface area contributed by atoms with Gasteiger partial charge >= 0.3 is 5.97 Å². The summed E-state index contributed by atoms with van der Waals surface area (Å²) >= 11 is 0. The average Bonchev–Trinajstić information content (AvgIpc) is 2.46. The number of carbonyl (C=O) groups is 2. The van der Waals surface area contributed by atoms with E-state index in [4.69, 9.17) is 5.11 Å². The standard InChI is InChI=1S/C14H19N3O3/c1-16(2)10-5-8-17(9-6-10)13(18)12-11(14(19)20)4-3-7-15-12/h3-4,7,10H,5-6,8-9H2,1-2H3,(H,19,20). The van der Waals surface area contributed by atoms with Crippen molar-refractivity contribution in [3.63, 3.8) is 0 Å². The van der Waals surface area contributed by atoms with Crippen LogP contribution in [-0.4, -0.2) is 65.0 Å². The Bertz CT molecular complexity index is 508. The molecule has 1 amide bonds. The highest BCUT2D eigenvalue weighted by Gasteiger charge is 2.27. The second-order valence-electron chi connectivity index (χ2n) is 5.19. The molecular weight excluding hydrogens is 258 g/mol. The summed E-state index contributed by atoms with van der Waals surface area (Å²) in [4.78, 5) is 31.3. The van der Waals surface area contributed by atoms with Crippen molar-refractivity contribution in [2.45, 2.75) is 18.9 Å². The Kier molecular flexibility index (Phi) is 4.34. The molecule has 1 fully saturated rings. The van der Waals surface area contributed by atoms with E-state index in [0.29, 0.717) is 19.1 Å². The van der Waals surface area contributed by atoms with Gasteiger partial charge in [0.1, 0.15) is 5.69 Å². The van der Waals surface area contributed by atoms with E-state index in [1.165, 1.54) is 18.3 Å². The Hall–Kier alpha value is -1.95. The maximum Gasteiger partial charge on any atom is 0.338 e. The van der Waals surface area contributed by atoms with E-state index in [1.807, 2.05) is 14.1 Å². The first kappa shape index (κ1) is 14.5. The van der Waals surface area contributed by atoms with Gasteiger partial charge in [-0.25, -0.2) is 4.79 Å². The molecule has 0 radical (unpaired) electrons. The molecule has 6 nitrogen and oxygen atoms in total. The number of nitrogens with zero attached hydrogens (tertiary/aromatic N) is 3. The second-order valence-corrected chi connectivity index (χ2v) is 5.19. The predicted molar refractivity (Wildman–Crippen MR) is 73.8 cm³/mol. The van der Waals surface area contributed by atoms with Crippen LogP contribution in [0.15, 0.2) is 18.3 Å². The van der Waals surface area contributed by atoms with Gasteiger partial charge in [-0.3, -0.25) is 9.78 Å². The van der Waals surface area contributed by atoms with Crippen molar-refractivity contribution in [2.75, 3.05) is 27.2 Å². The highest BCUT2D eigenvalue weighted by Crippen LogP contribution is 2.17. The minimum absolute atomic E-state index is 0.0308. The molecule has 1 N–H and O–H groups in total. The Balaban J connectivity index is 2.12. The molecule has 0 atom stereocenters. The zero-order valence-electron chi connectivity index (χ0n) is 11.7. The molecule has 1 saturated heterocycles. The molecule has 2 rings (SSSR count). The number of hydrogen-bond acceptors (Lipinski definition) is 4. The molecule has 1 aliphatic heterocycles. The van der Waals surface area contributed by atoms with Crippen LogP contribution in [0.2, 0.25) is 0 Å². The predicted octanol–water partition coefficient (Wildman–Crippen LogP) is 0.946. The normalized spacial score (nSPS) is 16.4. The SMILES string of the molecule is CN(C)C1CCN(C(=O)c2ncccc2C(=O)O)CC1. The highest BCUT2D eigenvalue weighted by atomic mass is 16.4. The lowest BCUT2D eigenvalue weighted by Gasteiger charge is -2.35. The molecule has 1 aromatic rings. The van der Waals surface area contributed by atoms with Crippen LogP contribution >= 0.6 is 0 Å². The Morgan fingerprint density at radius 3 is 2.55 bits per heavy atom. The minimum Gasteiger partial charge on any atom is -0.478 e. The third-order valence-electron chi connectivity index (χ3n) is 3.72. The highest BCUT2D eigenvalue weighted by molar-refractivity contribution is 6.03. The molecule has 0 saturated carbocycles. The number of likely N-dealkylation sites (tertiary alicyclic amines) is 1. The minimum atomic E-state index is -1.12. The van der Waals surface area contributed by atoms with Gasteiger partial charge in [-0.1, -0.05) is 0 Å². The number of carboxylic acid groups (broad SMARTS) is 1. The van der Waals surface area contributed by atoms with Crippen molar-refractivity contribution >= 4 is 11.9 Å².